The Morgan fingerprint density at radius 3 is 2.32 bits per heavy atom. The van der Waals surface area contributed by atoms with Crippen LogP contribution in [0.25, 0.3) is 0 Å². The molecule has 1 aliphatic heterocycles. The summed E-state index contributed by atoms with van der Waals surface area (Å²) in [5, 5.41) is 3.02. The van der Waals surface area contributed by atoms with E-state index in [1.54, 1.807) is 0 Å². The maximum absolute atomic E-state index is 12.2. The first-order valence-electron chi connectivity index (χ1n) is 8.36. The molecule has 1 aromatic carbocycles. The van der Waals surface area contributed by atoms with E-state index in [2.05, 4.69) is 5.32 Å². The molecule has 1 aromatic rings. The number of carbonyl (C=O) groups excluding carboxylic acids is 2. The lowest BCUT2D eigenvalue weighted by Crippen LogP contribution is -2.45. The van der Waals surface area contributed by atoms with Gasteiger partial charge < -0.3 is 10.2 Å². The van der Waals surface area contributed by atoms with Crippen molar-refractivity contribution in [2.75, 3.05) is 19.6 Å². The van der Waals surface area contributed by atoms with Crippen molar-refractivity contribution in [2.45, 2.75) is 32.1 Å². The number of hydrogen-bond acceptors (Lipinski definition) is 2. The van der Waals surface area contributed by atoms with Crippen LogP contribution >= 0.6 is 0 Å². The Morgan fingerprint density at radius 1 is 1.05 bits per heavy atom. The van der Waals surface area contributed by atoms with Crippen molar-refractivity contribution < 1.29 is 9.59 Å². The van der Waals surface area contributed by atoms with E-state index in [0.29, 0.717) is 29.9 Å². The third kappa shape index (κ3) is 3.49. The first-order valence-corrected chi connectivity index (χ1v) is 8.36. The molecule has 0 radical (unpaired) electrons. The standard InChI is InChI=1S/C18H24N2O2/c21-17(15-5-2-1-3-6-15)19-13-14-9-11-20(12-10-14)18(22)16-7-4-8-16/h1-3,5-6,14,16H,4,7-13H2,(H,19,21). The third-order valence-electron chi connectivity index (χ3n) is 4.97. The van der Waals surface area contributed by atoms with Gasteiger partial charge in [0.2, 0.25) is 5.91 Å². The molecule has 4 nitrogen and oxygen atoms in total. The van der Waals surface area contributed by atoms with Gasteiger partial charge >= 0.3 is 0 Å². The van der Waals surface area contributed by atoms with Gasteiger partial charge in [0.15, 0.2) is 0 Å². The predicted molar refractivity (Wildman–Crippen MR) is 85.4 cm³/mol. The molecule has 0 spiro atoms. The Hall–Kier alpha value is -1.84. The molecule has 118 valence electrons. The smallest absolute Gasteiger partial charge is 0.251 e. The lowest BCUT2D eigenvalue weighted by Gasteiger charge is -2.36. The van der Waals surface area contributed by atoms with E-state index in [9.17, 15) is 9.59 Å². The monoisotopic (exact) mass is 300 g/mol. The normalized spacial score (nSPS) is 19.5. The second-order valence-corrected chi connectivity index (χ2v) is 6.47. The minimum Gasteiger partial charge on any atom is -0.352 e. The molecular formula is C18H24N2O2. The highest BCUT2D eigenvalue weighted by Crippen LogP contribution is 2.29. The number of amides is 2. The summed E-state index contributed by atoms with van der Waals surface area (Å²) in [7, 11) is 0. The summed E-state index contributed by atoms with van der Waals surface area (Å²) >= 11 is 0. The average Bonchev–Trinajstić information content (AvgIpc) is 2.52. The number of piperidine rings is 1. The molecule has 1 N–H and O–H groups in total. The molecular weight excluding hydrogens is 276 g/mol. The average molecular weight is 300 g/mol. The minimum atomic E-state index is -0.00595. The molecule has 3 rings (SSSR count). The van der Waals surface area contributed by atoms with Gasteiger partial charge in [-0.05, 0) is 43.7 Å². The summed E-state index contributed by atoms with van der Waals surface area (Å²) in [5.41, 5.74) is 0.708. The summed E-state index contributed by atoms with van der Waals surface area (Å²) < 4.78 is 0. The number of benzene rings is 1. The molecule has 2 fully saturated rings. The number of hydrogen-bond donors (Lipinski definition) is 1. The molecule has 0 bridgehead atoms. The van der Waals surface area contributed by atoms with Crippen LogP contribution < -0.4 is 5.32 Å². The summed E-state index contributed by atoms with van der Waals surface area (Å²) in [4.78, 5) is 26.2. The Kier molecular flexibility index (Phi) is 4.76. The minimum absolute atomic E-state index is 0.00595. The maximum Gasteiger partial charge on any atom is 0.251 e. The lowest BCUT2D eigenvalue weighted by atomic mass is 9.83. The van der Waals surface area contributed by atoms with E-state index in [0.717, 1.165) is 38.8 Å². The van der Waals surface area contributed by atoms with Crippen molar-refractivity contribution in [3.05, 3.63) is 35.9 Å². The summed E-state index contributed by atoms with van der Waals surface area (Å²) in [6, 6.07) is 9.31. The molecule has 1 saturated carbocycles. The molecule has 1 aliphatic carbocycles. The number of likely N-dealkylation sites (tertiary alicyclic amines) is 1. The van der Waals surface area contributed by atoms with Gasteiger partial charge in [0.1, 0.15) is 0 Å². The van der Waals surface area contributed by atoms with Gasteiger partial charge in [-0.1, -0.05) is 24.6 Å². The van der Waals surface area contributed by atoms with Crippen LogP contribution in [-0.2, 0) is 4.79 Å². The van der Waals surface area contributed by atoms with Crippen LogP contribution in [0.15, 0.2) is 30.3 Å². The fraction of sp³-hybridized carbons (Fsp3) is 0.556. The van der Waals surface area contributed by atoms with Gasteiger partial charge in [-0.25, -0.2) is 0 Å². The Morgan fingerprint density at radius 2 is 1.73 bits per heavy atom. The second kappa shape index (κ2) is 6.95. The van der Waals surface area contributed by atoms with Gasteiger partial charge in [0.25, 0.3) is 5.91 Å². The number of nitrogens with one attached hydrogen (secondary N) is 1. The van der Waals surface area contributed by atoms with Crippen molar-refractivity contribution in [1.82, 2.24) is 10.2 Å². The topological polar surface area (TPSA) is 49.4 Å². The van der Waals surface area contributed by atoms with Crippen LogP contribution in [0.2, 0.25) is 0 Å². The van der Waals surface area contributed by atoms with Gasteiger partial charge in [-0.15, -0.1) is 0 Å². The van der Waals surface area contributed by atoms with E-state index < -0.39 is 0 Å². The predicted octanol–water partition coefficient (Wildman–Crippen LogP) is 2.46. The van der Waals surface area contributed by atoms with E-state index in [4.69, 9.17) is 0 Å². The van der Waals surface area contributed by atoms with Crippen molar-refractivity contribution in [1.29, 1.82) is 0 Å². The van der Waals surface area contributed by atoms with Gasteiger partial charge in [0, 0.05) is 31.1 Å². The van der Waals surface area contributed by atoms with Gasteiger partial charge in [-0.2, -0.15) is 0 Å². The number of nitrogens with zero attached hydrogens (tertiary/aromatic N) is 1. The molecule has 1 heterocycles. The molecule has 0 atom stereocenters. The third-order valence-corrected chi connectivity index (χ3v) is 4.97. The Labute approximate surface area is 131 Å². The van der Waals surface area contributed by atoms with Gasteiger partial charge in [-0.3, -0.25) is 9.59 Å². The van der Waals surface area contributed by atoms with Gasteiger partial charge in [0.05, 0.1) is 0 Å². The SMILES string of the molecule is O=C(NCC1CCN(C(=O)C2CCC2)CC1)c1ccccc1. The van der Waals surface area contributed by atoms with Crippen molar-refractivity contribution >= 4 is 11.8 Å². The van der Waals surface area contributed by atoms with Crippen molar-refractivity contribution in [2.24, 2.45) is 11.8 Å². The van der Waals surface area contributed by atoms with E-state index in [-0.39, 0.29) is 5.91 Å². The van der Waals surface area contributed by atoms with Crippen LogP contribution in [-0.4, -0.2) is 36.3 Å². The molecule has 1 saturated heterocycles. The molecule has 2 amide bonds. The molecule has 22 heavy (non-hydrogen) atoms. The van der Waals surface area contributed by atoms with E-state index in [1.165, 1.54) is 6.42 Å². The quantitative estimate of drug-likeness (QED) is 0.928. The summed E-state index contributed by atoms with van der Waals surface area (Å²) in [6.07, 6.45) is 5.34. The fourth-order valence-corrected chi connectivity index (χ4v) is 3.20. The number of carbonyl (C=O) groups is 2. The first kappa shape index (κ1) is 15.1. The van der Waals surface area contributed by atoms with Crippen LogP contribution in [0, 0.1) is 11.8 Å². The zero-order valence-electron chi connectivity index (χ0n) is 13.0. The van der Waals surface area contributed by atoms with E-state index >= 15 is 0 Å². The van der Waals surface area contributed by atoms with Crippen LogP contribution in [0.4, 0.5) is 0 Å². The molecule has 0 aromatic heterocycles. The zero-order chi connectivity index (χ0) is 15.4. The van der Waals surface area contributed by atoms with Crippen molar-refractivity contribution in [3.8, 4) is 0 Å². The van der Waals surface area contributed by atoms with Crippen LogP contribution in [0.1, 0.15) is 42.5 Å². The number of rotatable bonds is 4. The van der Waals surface area contributed by atoms with E-state index in [1.807, 2.05) is 35.2 Å². The maximum atomic E-state index is 12.2. The summed E-state index contributed by atoms with van der Waals surface area (Å²) in [5.74, 6) is 1.14. The fourth-order valence-electron chi connectivity index (χ4n) is 3.20. The van der Waals surface area contributed by atoms with Crippen LogP contribution in [0.5, 0.6) is 0 Å². The summed E-state index contributed by atoms with van der Waals surface area (Å²) in [6.45, 7) is 2.40. The molecule has 4 heteroatoms. The zero-order valence-corrected chi connectivity index (χ0v) is 13.0. The highest BCUT2D eigenvalue weighted by Gasteiger charge is 2.31. The van der Waals surface area contributed by atoms with Crippen molar-refractivity contribution in [3.63, 3.8) is 0 Å². The lowest BCUT2D eigenvalue weighted by molar-refractivity contribution is -0.139. The highest BCUT2D eigenvalue weighted by molar-refractivity contribution is 5.94. The van der Waals surface area contributed by atoms with Crippen LogP contribution in [0.3, 0.4) is 0 Å². The first-order chi connectivity index (χ1) is 10.7. The Bertz CT molecular complexity index is 517. The molecule has 0 unspecified atom stereocenters. The Balaban J connectivity index is 1.40. The second-order valence-electron chi connectivity index (χ2n) is 6.47. The highest BCUT2D eigenvalue weighted by atomic mass is 16.2. The largest absolute Gasteiger partial charge is 0.352 e. The molecule has 2 aliphatic rings.